The van der Waals surface area contributed by atoms with Crippen molar-refractivity contribution in [1.29, 1.82) is 0 Å². The van der Waals surface area contributed by atoms with E-state index in [1.54, 1.807) is 14.2 Å². The van der Waals surface area contributed by atoms with Crippen molar-refractivity contribution < 1.29 is 9.47 Å². The molecule has 0 radical (unpaired) electrons. The standard InChI is InChI=1S/C16H19NO2/c1-12(13-7-9-15(18-2)10-8-13)17-14-5-4-6-16(11-14)19-3/h4-12,17H,1-3H3. The minimum Gasteiger partial charge on any atom is -0.497 e. The SMILES string of the molecule is COc1ccc(C(C)Nc2cccc(OC)c2)cc1. The molecule has 0 heterocycles. The first-order valence-electron chi connectivity index (χ1n) is 6.27. The Morgan fingerprint density at radius 1 is 0.895 bits per heavy atom. The van der Waals surface area contributed by atoms with Crippen LogP contribution in [0, 0.1) is 0 Å². The molecule has 1 atom stereocenters. The lowest BCUT2D eigenvalue weighted by molar-refractivity contribution is 0.414. The Balaban J connectivity index is 2.08. The minimum atomic E-state index is 0.220. The van der Waals surface area contributed by atoms with Crippen LogP contribution in [0.2, 0.25) is 0 Å². The third-order valence-electron chi connectivity index (χ3n) is 3.07. The van der Waals surface area contributed by atoms with E-state index in [2.05, 4.69) is 24.4 Å². The smallest absolute Gasteiger partial charge is 0.120 e. The molecule has 0 aliphatic heterocycles. The van der Waals surface area contributed by atoms with Crippen molar-refractivity contribution in [3.8, 4) is 11.5 Å². The maximum atomic E-state index is 5.22. The number of ether oxygens (including phenoxy) is 2. The zero-order valence-corrected chi connectivity index (χ0v) is 11.5. The zero-order chi connectivity index (χ0) is 13.7. The molecule has 2 rings (SSSR count). The number of benzene rings is 2. The van der Waals surface area contributed by atoms with Crippen LogP contribution in [0.25, 0.3) is 0 Å². The predicted molar refractivity (Wildman–Crippen MR) is 78.0 cm³/mol. The molecule has 0 aliphatic rings. The Kier molecular flexibility index (Phi) is 4.29. The van der Waals surface area contributed by atoms with Crippen LogP contribution in [0.4, 0.5) is 5.69 Å². The van der Waals surface area contributed by atoms with Gasteiger partial charge in [0.1, 0.15) is 11.5 Å². The van der Waals surface area contributed by atoms with Gasteiger partial charge in [0.15, 0.2) is 0 Å². The van der Waals surface area contributed by atoms with Gasteiger partial charge in [-0.3, -0.25) is 0 Å². The molecule has 2 aromatic rings. The van der Waals surface area contributed by atoms with E-state index >= 15 is 0 Å². The number of methoxy groups -OCH3 is 2. The lowest BCUT2D eigenvalue weighted by Gasteiger charge is -2.16. The van der Waals surface area contributed by atoms with Crippen LogP contribution in [-0.4, -0.2) is 14.2 Å². The van der Waals surface area contributed by atoms with E-state index in [-0.39, 0.29) is 6.04 Å². The Bertz CT molecular complexity index is 523. The number of hydrogen-bond donors (Lipinski definition) is 1. The average Bonchev–Trinajstić information content (AvgIpc) is 2.47. The predicted octanol–water partition coefficient (Wildman–Crippen LogP) is 3.88. The minimum absolute atomic E-state index is 0.220. The number of anilines is 1. The summed E-state index contributed by atoms with van der Waals surface area (Å²) in [6, 6.07) is 16.2. The summed E-state index contributed by atoms with van der Waals surface area (Å²) in [5, 5.41) is 3.45. The molecule has 2 aromatic carbocycles. The van der Waals surface area contributed by atoms with Gasteiger partial charge in [0, 0.05) is 17.8 Å². The largest absolute Gasteiger partial charge is 0.497 e. The van der Waals surface area contributed by atoms with Crippen molar-refractivity contribution in [2.24, 2.45) is 0 Å². The topological polar surface area (TPSA) is 30.5 Å². The number of hydrogen-bond acceptors (Lipinski definition) is 3. The molecule has 1 N–H and O–H groups in total. The molecular formula is C16H19NO2. The first-order chi connectivity index (χ1) is 9.22. The molecule has 3 heteroatoms. The molecule has 1 unspecified atom stereocenters. The van der Waals surface area contributed by atoms with E-state index in [4.69, 9.17) is 9.47 Å². The van der Waals surface area contributed by atoms with Gasteiger partial charge in [-0.25, -0.2) is 0 Å². The van der Waals surface area contributed by atoms with E-state index in [0.717, 1.165) is 17.2 Å². The van der Waals surface area contributed by atoms with Crippen LogP contribution in [0.15, 0.2) is 48.5 Å². The van der Waals surface area contributed by atoms with Crippen LogP contribution < -0.4 is 14.8 Å². The van der Waals surface area contributed by atoms with Crippen LogP contribution >= 0.6 is 0 Å². The third-order valence-corrected chi connectivity index (χ3v) is 3.07. The normalized spacial score (nSPS) is 11.7. The Morgan fingerprint density at radius 2 is 1.58 bits per heavy atom. The van der Waals surface area contributed by atoms with Gasteiger partial charge >= 0.3 is 0 Å². The summed E-state index contributed by atoms with van der Waals surface area (Å²) in [6.07, 6.45) is 0. The van der Waals surface area contributed by atoms with Crippen molar-refractivity contribution in [2.75, 3.05) is 19.5 Å². The van der Waals surface area contributed by atoms with Crippen molar-refractivity contribution in [1.82, 2.24) is 0 Å². The van der Waals surface area contributed by atoms with E-state index in [9.17, 15) is 0 Å². The molecule has 0 bridgehead atoms. The lowest BCUT2D eigenvalue weighted by atomic mass is 10.1. The van der Waals surface area contributed by atoms with E-state index in [1.165, 1.54) is 5.56 Å². The van der Waals surface area contributed by atoms with E-state index in [1.807, 2.05) is 36.4 Å². The fourth-order valence-electron chi connectivity index (χ4n) is 1.94. The van der Waals surface area contributed by atoms with Crippen LogP contribution in [0.1, 0.15) is 18.5 Å². The van der Waals surface area contributed by atoms with Crippen LogP contribution in [0.5, 0.6) is 11.5 Å². The zero-order valence-electron chi connectivity index (χ0n) is 11.5. The summed E-state index contributed by atoms with van der Waals surface area (Å²) >= 11 is 0. The highest BCUT2D eigenvalue weighted by molar-refractivity contribution is 5.50. The molecular weight excluding hydrogens is 238 g/mol. The number of rotatable bonds is 5. The Morgan fingerprint density at radius 3 is 2.21 bits per heavy atom. The Hall–Kier alpha value is -2.16. The van der Waals surface area contributed by atoms with Gasteiger partial charge in [-0.1, -0.05) is 18.2 Å². The van der Waals surface area contributed by atoms with Crippen molar-refractivity contribution >= 4 is 5.69 Å². The van der Waals surface area contributed by atoms with Crippen molar-refractivity contribution in [3.63, 3.8) is 0 Å². The fraction of sp³-hybridized carbons (Fsp3) is 0.250. The molecule has 0 amide bonds. The van der Waals surface area contributed by atoms with E-state index in [0.29, 0.717) is 0 Å². The second kappa shape index (κ2) is 6.14. The highest BCUT2D eigenvalue weighted by Gasteiger charge is 2.06. The summed E-state index contributed by atoms with van der Waals surface area (Å²) in [6.45, 7) is 2.13. The van der Waals surface area contributed by atoms with Gasteiger partial charge in [-0.15, -0.1) is 0 Å². The van der Waals surface area contributed by atoms with Crippen molar-refractivity contribution in [2.45, 2.75) is 13.0 Å². The monoisotopic (exact) mass is 257 g/mol. The lowest BCUT2D eigenvalue weighted by Crippen LogP contribution is -2.06. The molecule has 19 heavy (non-hydrogen) atoms. The highest BCUT2D eigenvalue weighted by atomic mass is 16.5. The van der Waals surface area contributed by atoms with Crippen LogP contribution in [0.3, 0.4) is 0 Å². The van der Waals surface area contributed by atoms with Gasteiger partial charge in [0.05, 0.1) is 14.2 Å². The third kappa shape index (κ3) is 3.41. The summed E-state index contributed by atoms with van der Waals surface area (Å²) < 4.78 is 10.4. The molecule has 0 aromatic heterocycles. The first-order valence-corrected chi connectivity index (χ1v) is 6.27. The highest BCUT2D eigenvalue weighted by Crippen LogP contribution is 2.23. The molecule has 0 saturated carbocycles. The van der Waals surface area contributed by atoms with Gasteiger partial charge in [-0.05, 0) is 36.8 Å². The van der Waals surface area contributed by atoms with Gasteiger partial charge in [0.2, 0.25) is 0 Å². The molecule has 0 aliphatic carbocycles. The van der Waals surface area contributed by atoms with E-state index < -0.39 is 0 Å². The Labute approximate surface area is 114 Å². The van der Waals surface area contributed by atoms with Gasteiger partial charge < -0.3 is 14.8 Å². The maximum Gasteiger partial charge on any atom is 0.120 e. The average molecular weight is 257 g/mol. The summed E-state index contributed by atoms with van der Waals surface area (Å²) in [7, 11) is 3.35. The molecule has 0 saturated heterocycles. The summed E-state index contributed by atoms with van der Waals surface area (Å²) in [4.78, 5) is 0. The molecule has 100 valence electrons. The molecule has 0 fully saturated rings. The maximum absolute atomic E-state index is 5.22. The summed E-state index contributed by atoms with van der Waals surface area (Å²) in [5.41, 5.74) is 2.26. The second-order valence-corrected chi connectivity index (χ2v) is 4.37. The van der Waals surface area contributed by atoms with Crippen LogP contribution in [-0.2, 0) is 0 Å². The van der Waals surface area contributed by atoms with Gasteiger partial charge in [0.25, 0.3) is 0 Å². The van der Waals surface area contributed by atoms with Crippen molar-refractivity contribution in [3.05, 3.63) is 54.1 Å². The quantitative estimate of drug-likeness (QED) is 0.881. The first kappa shape index (κ1) is 13.3. The fourth-order valence-corrected chi connectivity index (χ4v) is 1.94. The summed E-state index contributed by atoms with van der Waals surface area (Å²) in [5.74, 6) is 1.73. The molecule has 0 spiro atoms. The van der Waals surface area contributed by atoms with Gasteiger partial charge in [-0.2, -0.15) is 0 Å². The molecule has 3 nitrogen and oxygen atoms in total. The number of nitrogens with one attached hydrogen (secondary N) is 1. The second-order valence-electron chi connectivity index (χ2n) is 4.37.